The van der Waals surface area contributed by atoms with E-state index in [-0.39, 0.29) is 23.7 Å². The second-order valence-corrected chi connectivity index (χ2v) is 7.47. The maximum Gasteiger partial charge on any atom is 0.227 e. The summed E-state index contributed by atoms with van der Waals surface area (Å²) in [6.07, 6.45) is 7.82. The van der Waals surface area contributed by atoms with Crippen LogP contribution in [-0.4, -0.2) is 17.9 Å². The number of nitrogens with one attached hydrogen (secondary N) is 2. The zero-order valence-electron chi connectivity index (χ0n) is 13.9. The highest BCUT2D eigenvalue weighted by molar-refractivity contribution is 6.30. The fraction of sp³-hybridized carbons (Fsp3) is 0.579. The molecule has 24 heavy (non-hydrogen) atoms. The normalized spacial score (nSPS) is 24.5. The summed E-state index contributed by atoms with van der Waals surface area (Å²) in [5, 5.41) is 6.73. The van der Waals surface area contributed by atoms with Crippen LogP contribution in [-0.2, 0) is 9.59 Å². The van der Waals surface area contributed by atoms with Crippen LogP contribution in [0.3, 0.4) is 0 Å². The lowest BCUT2D eigenvalue weighted by Gasteiger charge is -2.28. The van der Waals surface area contributed by atoms with E-state index in [4.69, 9.17) is 11.6 Å². The van der Waals surface area contributed by atoms with Crippen molar-refractivity contribution in [2.45, 2.75) is 57.4 Å². The molecule has 130 valence electrons. The summed E-state index contributed by atoms with van der Waals surface area (Å²) >= 11 is 5.94. The van der Waals surface area contributed by atoms with Crippen molar-refractivity contribution in [2.24, 2.45) is 11.8 Å². The van der Waals surface area contributed by atoms with Crippen LogP contribution in [0.2, 0.25) is 5.02 Å². The molecule has 0 spiro atoms. The highest BCUT2D eigenvalue weighted by Gasteiger charge is 2.31. The summed E-state index contributed by atoms with van der Waals surface area (Å²) in [4.78, 5) is 24.7. The molecule has 2 amide bonds. The lowest BCUT2D eigenvalue weighted by molar-refractivity contribution is -0.129. The van der Waals surface area contributed by atoms with Crippen molar-refractivity contribution in [3.05, 3.63) is 29.3 Å². The highest BCUT2D eigenvalue weighted by Crippen LogP contribution is 2.30. The fourth-order valence-electron chi connectivity index (χ4n) is 3.82. The van der Waals surface area contributed by atoms with Gasteiger partial charge < -0.3 is 10.6 Å². The molecule has 0 aliphatic heterocycles. The van der Waals surface area contributed by atoms with Crippen LogP contribution < -0.4 is 10.6 Å². The lowest BCUT2D eigenvalue weighted by atomic mass is 9.81. The van der Waals surface area contributed by atoms with E-state index < -0.39 is 0 Å². The third kappa shape index (κ3) is 4.50. The molecule has 3 rings (SSSR count). The number of benzene rings is 1. The maximum absolute atomic E-state index is 12.4. The van der Waals surface area contributed by atoms with Gasteiger partial charge in [-0.25, -0.2) is 0 Å². The summed E-state index contributed by atoms with van der Waals surface area (Å²) in [7, 11) is 0. The van der Waals surface area contributed by atoms with E-state index in [1.54, 1.807) is 12.1 Å². The van der Waals surface area contributed by atoms with Gasteiger partial charge in [0, 0.05) is 28.6 Å². The van der Waals surface area contributed by atoms with Gasteiger partial charge in [-0.3, -0.25) is 9.59 Å². The number of anilines is 1. The van der Waals surface area contributed by atoms with Gasteiger partial charge >= 0.3 is 0 Å². The number of halogens is 1. The van der Waals surface area contributed by atoms with Crippen LogP contribution in [0.5, 0.6) is 0 Å². The molecule has 0 saturated heterocycles. The molecular formula is C19H25ClN2O2. The molecule has 1 aromatic carbocycles. The molecular weight excluding hydrogens is 324 g/mol. The molecule has 5 heteroatoms. The maximum atomic E-state index is 12.4. The molecule has 2 saturated carbocycles. The fourth-order valence-corrected chi connectivity index (χ4v) is 4.01. The standard InChI is InChI=1S/C19H25ClN2O2/c20-15-4-3-7-17(12-15)22-19(24)14-10-8-13(9-11-14)18(23)21-16-5-1-2-6-16/h3-4,7,12-14,16H,1-2,5-6,8-11H2,(H,21,23)(H,22,24). The van der Waals surface area contributed by atoms with E-state index in [1.165, 1.54) is 12.8 Å². The smallest absolute Gasteiger partial charge is 0.227 e. The molecule has 2 aliphatic carbocycles. The molecule has 0 unspecified atom stereocenters. The molecule has 2 fully saturated rings. The molecule has 0 heterocycles. The van der Waals surface area contributed by atoms with Gasteiger partial charge in [-0.1, -0.05) is 30.5 Å². The van der Waals surface area contributed by atoms with E-state index in [1.807, 2.05) is 12.1 Å². The minimum atomic E-state index is -0.0143. The van der Waals surface area contributed by atoms with E-state index in [9.17, 15) is 9.59 Å². The molecule has 0 radical (unpaired) electrons. The third-order valence-electron chi connectivity index (χ3n) is 5.26. The molecule has 2 N–H and O–H groups in total. The Hall–Kier alpha value is -1.55. The number of hydrogen-bond donors (Lipinski definition) is 2. The Kier molecular flexibility index (Phi) is 5.77. The van der Waals surface area contributed by atoms with Gasteiger partial charge in [0.2, 0.25) is 11.8 Å². The Balaban J connectivity index is 1.45. The Labute approximate surface area is 148 Å². The van der Waals surface area contributed by atoms with E-state index >= 15 is 0 Å². The van der Waals surface area contributed by atoms with Crippen molar-refractivity contribution in [1.82, 2.24) is 5.32 Å². The molecule has 0 bridgehead atoms. The summed E-state index contributed by atoms with van der Waals surface area (Å²) in [6, 6.07) is 7.57. The first kappa shape index (κ1) is 17.3. The minimum Gasteiger partial charge on any atom is -0.353 e. The summed E-state index contributed by atoms with van der Waals surface area (Å²) in [6.45, 7) is 0. The van der Waals surface area contributed by atoms with Gasteiger partial charge in [0.25, 0.3) is 0 Å². The number of amides is 2. The largest absolute Gasteiger partial charge is 0.353 e. The predicted molar refractivity (Wildman–Crippen MR) is 95.9 cm³/mol. The first-order chi connectivity index (χ1) is 11.6. The van der Waals surface area contributed by atoms with Crippen molar-refractivity contribution >= 4 is 29.1 Å². The van der Waals surface area contributed by atoms with Crippen molar-refractivity contribution in [3.8, 4) is 0 Å². The first-order valence-electron chi connectivity index (χ1n) is 8.98. The van der Waals surface area contributed by atoms with Crippen LogP contribution in [0.4, 0.5) is 5.69 Å². The van der Waals surface area contributed by atoms with Gasteiger partial charge in [-0.2, -0.15) is 0 Å². The molecule has 4 nitrogen and oxygen atoms in total. The number of carbonyl (C=O) groups is 2. The van der Waals surface area contributed by atoms with Crippen LogP contribution in [0, 0.1) is 11.8 Å². The van der Waals surface area contributed by atoms with E-state index in [2.05, 4.69) is 10.6 Å². The monoisotopic (exact) mass is 348 g/mol. The van der Waals surface area contributed by atoms with Gasteiger partial charge in [0.1, 0.15) is 0 Å². The average Bonchev–Trinajstić information content (AvgIpc) is 3.08. The van der Waals surface area contributed by atoms with Crippen LogP contribution in [0.15, 0.2) is 24.3 Å². The van der Waals surface area contributed by atoms with Crippen LogP contribution in [0.25, 0.3) is 0 Å². The zero-order valence-corrected chi connectivity index (χ0v) is 14.6. The van der Waals surface area contributed by atoms with Crippen molar-refractivity contribution in [2.75, 3.05) is 5.32 Å². The Morgan fingerprint density at radius 1 is 0.917 bits per heavy atom. The number of carbonyl (C=O) groups excluding carboxylic acids is 2. The van der Waals surface area contributed by atoms with Crippen molar-refractivity contribution in [3.63, 3.8) is 0 Å². The third-order valence-corrected chi connectivity index (χ3v) is 5.50. The van der Waals surface area contributed by atoms with Crippen LogP contribution in [0.1, 0.15) is 51.4 Å². The van der Waals surface area contributed by atoms with Gasteiger partial charge in [0.05, 0.1) is 0 Å². The topological polar surface area (TPSA) is 58.2 Å². The highest BCUT2D eigenvalue weighted by atomic mass is 35.5. The van der Waals surface area contributed by atoms with Crippen LogP contribution >= 0.6 is 11.6 Å². The quantitative estimate of drug-likeness (QED) is 0.859. The Bertz CT molecular complexity index is 591. The molecule has 0 aromatic heterocycles. The van der Waals surface area contributed by atoms with Crippen molar-refractivity contribution in [1.29, 1.82) is 0 Å². The number of hydrogen-bond acceptors (Lipinski definition) is 2. The van der Waals surface area contributed by atoms with Gasteiger partial charge in [-0.15, -0.1) is 0 Å². The molecule has 0 atom stereocenters. The van der Waals surface area contributed by atoms with Crippen molar-refractivity contribution < 1.29 is 9.59 Å². The summed E-state index contributed by atoms with van der Waals surface area (Å²) in [5.41, 5.74) is 0.730. The van der Waals surface area contributed by atoms with E-state index in [0.717, 1.165) is 44.2 Å². The molecule has 1 aromatic rings. The lowest BCUT2D eigenvalue weighted by Crippen LogP contribution is -2.39. The Morgan fingerprint density at radius 2 is 1.54 bits per heavy atom. The average molecular weight is 349 g/mol. The summed E-state index contributed by atoms with van der Waals surface area (Å²) < 4.78 is 0. The second-order valence-electron chi connectivity index (χ2n) is 7.04. The predicted octanol–water partition coefficient (Wildman–Crippen LogP) is 4.14. The zero-order chi connectivity index (χ0) is 16.9. The van der Waals surface area contributed by atoms with Gasteiger partial charge in [0.15, 0.2) is 0 Å². The van der Waals surface area contributed by atoms with E-state index in [0.29, 0.717) is 11.1 Å². The SMILES string of the molecule is O=C(Nc1cccc(Cl)c1)C1CCC(C(=O)NC2CCCC2)CC1. The first-order valence-corrected chi connectivity index (χ1v) is 9.36. The molecule has 2 aliphatic rings. The number of rotatable bonds is 4. The summed E-state index contributed by atoms with van der Waals surface area (Å²) in [5.74, 6) is 0.280. The minimum absolute atomic E-state index is 0.0143. The van der Waals surface area contributed by atoms with Gasteiger partial charge in [-0.05, 0) is 56.7 Å². The Morgan fingerprint density at radius 3 is 2.17 bits per heavy atom. The second kappa shape index (κ2) is 8.02.